The minimum absolute atomic E-state index is 0.108. The fourth-order valence-electron chi connectivity index (χ4n) is 3.68. The molecule has 4 rings (SSSR count). The number of halogens is 2. The van der Waals surface area contributed by atoms with Crippen molar-refractivity contribution in [3.8, 4) is 11.3 Å². The highest BCUT2D eigenvalue weighted by Crippen LogP contribution is 2.25. The second-order valence-corrected chi connectivity index (χ2v) is 8.48. The van der Waals surface area contributed by atoms with Crippen LogP contribution in [0.1, 0.15) is 12.5 Å². The van der Waals surface area contributed by atoms with E-state index in [2.05, 4.69) is 20.6 Å². The molecule has 0 unspecified atom stereocenters. The Hall–Kier alpha value is -4.44. The largest absolute Gasteiger partial charge is 0.343 e. The van der Waals surface area contributed by atoms with Crippen molar-refractivity contribution < 1.29 is 13.6 Å². The zero-order valence-electron chi connectivity index (χ0n) is 20.6. The molecule has 1 atom stereocenters. The van der Waals surface area contributed by atoms with Crippen molar-refractivity contribution in [2.75, 3.05) is 24.3 Å². The molecule has 0 spiro atoms. The summed E-state index contributed by atoms with van der Waals surface area (Å²) in [6.45, 7) is 1.77. The average Bonchev–Trinajstić information content (AvgIpc) is 2.91. The molecule has 4 aromatic rings. The number of pyridine rings is 1. The molecule has 1 amide bonds. The van der Waals surface area contributed by atoms with Gasteiger partial charge < -0.3 is 15.5 Å². The van der Waals surface area contributed by atoms with E-state index >= 15 is 0 Å². The minimum Gasteiger partial charge on any atom is -0.343 e. The van der Waals surface area contributed by atoms with Crippen LogP contribution in [0.4, 0.5) is 26.0 Å². The van der Waals surface area contributed by atoms with Gasteiger partial charge in [0.2, 0.25) is 5.91 Å². The maximum atomic E-state index is 13.6. The second-order valence-electron chi connectivity index (χ2n) is 8.48. The molecule has 0 bridgehead atoms. The Kier molecular flexibility index (Phi) is 7.69. The van der Waals surface area contributed by atoms with Crippen LogP contribution >= 0.6 is 0 Å². The molecular weight excluding hydrogens is 478 g/mol. The van der Waals surface area contributed by atoms with Gasteiger partial charge in [0, 0.05) is 24.5 Å². The van der Waals surface area contributed by atoms with Crippen LogP contribution in [0.3, 0.4) is 0 Å². The first-order valence-corrected chi connectivity index (χ1v) is 11.5. The lowest BCUT2D eigenvalue weighted by Crippen LogP contribution is -2.38. The van der Waals surface area contributed by atoms with Crippen LogP contribution in [-0.4, -0.2) is 40.6 Å². The third kappa shape index (κ3) is 5.87. The molecule has 0 fully saturated rings. The van der Waals surface area contributed by atoms with E-state index in [0.717, 1.165) is 11.4 Å². The molecule has 2 N–H and O–H groups in total. The molecule has 190 valence electrons. The van der Waals surface area contributed by atoms with E-state index in [0.29, 0.717) is 16.8 Å². The standard InChI is InChI=1S/C27H26F2N6O2/c1-17(30-2)26(36)33-25-27(37)35(24(15-32-25)19-4-6-20(28)7-5-19)16-18-12-23(14-31-13-18)34(3)22-10-8-21(29)9-11-22/h4-15,17,30H,16H2,1-3H3,(H,32,33,36)/t17-/m0/s1. The molecule has 2 heterocycles. The van der Waals surface area contributed by atoms with Gasteiger partial charge in [0.05, 0.1) is 36.4 Å². The molecule has 10 heteroatoms. The van der Waals surface area contributed by atoms with Crippen molar-refractivity contribution >= 4 is 23.1 Å². The van der Waals surface area contributed by atoms with Crippen molar-refractivity contribution in [1.29, 1.82) is 0 Å². The molecule has 0 aliphatic rings. The second kappa shape index (κ2) is 11.1. The average molecular weight is 505 g/mol. The van der Waals surface area contributed by atoms with Crippen molar-refractivity contribution in [2.45, 2.75) is 19.5 Å². The first kappa shape index (κ1) is 25.6. The number of benzene rings is 2. The predicted octanol–water partition coefficient (Wildman–Crippen LogP) is 3.95. The highest BCUT2D eigenvalue weighted by Gasteiger charge is 2.18. The molecule has 2 aromatic carbocycles. The molecular formula is C27H26F2N6O2. The maximum absolute atomic E-state index is 13.6. The van der Waals surface area contributed by atoms with Crippen molar-refractivity contribution in [2.24, 2.45) is 0 Å². The van der Waals surface area contributed by atoms with Gasteiger partial charge in [-0.3, -0.25) is 19.1 Å². The van der Waals surface area contributed by atoms with Gasteiger partial charge in [0.1, 0.15) is 11.6 Å². The third-order valence-corrected chi connectivity index (χ3v) is 5.98. The SMILES string of the molecule is CN[C@@H](C)C(=O)Nc1ncc(-c2ccc(F)cc2)n(Cc2cncc(N(C)c3ccc(F)cc3)c2)c1=O. The quantitative estimate of drug-likeness (QED) is 0.378. The van der Waals surface area contributed by atoms with Crippen LogP contribution in [0.5, 0.6) is 0 Å². The Bertz CT molecular complexity index is 1460. The number of anilines is 3. The number of likely N-dealkylation sites (N-methyl/N-ethyl adjacent to an activating group) is 1. The van der Waals surface area contributed by atoms with Gasteiger partial charge in [0.15, 0.2) is 5.82 Å². The summed E-state index contributed by atoms with van der Waals surface area (Å²) in [5.74, 6) is -1.26. The summed E-state index contributed by atoms with van der Waals surface area (Å²) in [6.07, 6.45) is 4.76. The summed E-state index contributed by atoms with van der Waals surface area (Å²) >= 11 is 0. The number of hydrogen-bond donors (Lipinski definition) is 2. The molecule has 37 heavy (non-hydrogen) atoms. The van der Waals surface area contributed by atoms with Crippen molar-refractivity contribution in [3.63, 3.8) is 0 Å². The van der Waals surface area contributed by atoms with Gasteiger partial charge in [-0.1, -0.05) is 0 Å². The summed E-state index contributed by atoms with van der Waals surface area (Å²) in [4.78, 5) is 36.2. The lowest BCUT2D eigenvalue weighted by Gasteiger charge is -2.20. The molecule has 0 aliphatic carbocycles. The highest BCUT2D eigenvalue weighted by atomic mass is 19.1. The smallest absolute Gasteiger partial charge is 0.294 e. The number of amides is 1. The normalized spacial score (nSPS) is 11.7. The van der Waals surface area contributed by atoms with Gasteiger partial charge in [-0.05, 0) is 74.1 Å². The first-order valence-electron chi connectivity index (χ1n) is 11.5. The van der Waals surface area contributed by atoms with Crippen LogP contribution < -0.4 is 21.1 Å². The van der Waals surface area contributed by atoms with Gasteiger partial charge in [-0.25, -0.2) is 13.8 Å². The molecule has 8 nitrogen and oxygen atoms in total. The third-order valence-electron chi connectivity index (χ3n) is 5.98. The number of carbonyl (C=O) groups excluding carboxylic acids is 1. The summed E-state index contributed by atoms with van der Waals surface area (Å²) in [7, 11) is 3.46. The molecule has 0 saturated carbocycles. The number of hydrogen-bond acceptors (Lipinski definition) is 6. The van der Waals surface area contributed by atoms with Gasteiger partial charge >= 0.3 is 0 Å². The lowest BCUT2D eigenvalue weighted by atomic mass is 10.1. The van der Waals surface area contributed by atoms with Crippen LogP contribution in [0, 0.1) is 11.6 Å². The maximum Gasteiger partial charge on any atom is 0.294 e. The zero-order chi connectivity index (χ0) is 26.5. The molecule has 0 aliphatic heterocycles. The summed E-state index contributed by atoms with van der Waals surface area (Å²) in [5, 5.41) is 5.39. The van der Waals surface area contributed by atoms with Crippen molar-refractivity contribution in [3.05, 3.63) is 101 Å². The van der Waals surface area contributed by atoms with E-state index < -0.39 is 23.3 Å². The van der Waals surface area contributed by atoms with E-state index in [1.807, 2.05) is 18.0 Å². The van der Waals surface area contributed by atoms with Crippen LogP contribution in [0.25, 0.3) is 11.3 Å². The lowest BCUT2D eigenvalue weighted by molar-refractivity contribution is -0.117. The topological polar surface area (TPSA) is 92.2 Å². The Morgan fingerprint density at radius 3 is 2.30 bits per heavy atom. The number of rotatable bonds is 8. The van der Waals surface area contributed by atoms with E-state index in [-0.39, 0.29) is 18.2 Å². The van der Waals surface area contributed by atoms with Crippen LogP contribution in [0.15, 0.2) is 78.0 Å². The molecule has 2 aromatic heterocycles. The Balaban J connectivity index is 1.73. The van der Waals surface area contributed by atoms with E-state index in [1.54, 1.807) is 50.6 Å². The fourth-order valence-corrected chi connectivity index (χ4v) is 3.68. The van der Waals surface area contributed by atoms with E-state index in [1.165, 1.54) is 35.0 Å². The zero-order valence-corrected chi connectivity index (χ0v) is 20.6. The van der Waals surface area contributed by atoms with E-state index in [4.69, 9.17) is 0 Å². The monoisotopic (exact) mass is 504 g/mol. The Labute approximate surface area is 212 Å². The first-order chi connectivity index (χ1) is 17.8. The minimum atomic E-state index is -0.533. The predicted molar refractivity (Wildman–Crippen MR) is 139 cm³/mol. The number of nitrogens with zero attached hydrogens (tertiary/aromatic N) is 4. The highest BCUT2D eigenvalue weighted by molar-refractivity contribution is 5.93. The van der Waals surface area contributed by atoms with Crippen LogP contribution in [0.2, 0.25) is 0 Å². The van der Waals surface area contributed by atoms with Gasteiger partial charge in [0.25, 0.3) is 5.56 Å². The summed E-state index contributed by atoms with van der Waals surface area (Å²) in [6, 6.07) is 13.1. The van der Waals surface area contributed by atoms with Crippen molar-refractivity contribution in [1.82, 2.24) is 19.9 Å². The number of nitrogens with one attached hydrogen (secondary N) is 2. The molecule has 0 saturated heterocycles. The Morgan fingerprint density at radius 1 is 1.00 bits per heavy atom. The Morgan fingerprint density at radius 2 is 1.65 bits per heavy atom. The molecule has 0 radical (unpaired) electrons. The summed E-state index contributed by atoms with van der Waals surface area (Å²) < 4.78 is 28.4. The van der Waals surface area contributed by atoms with E-state index in [9.17, 15) is 18.4 Å². The number of carbonyl (C=O) groups is 1. The summed E-state index contributed by atoms with van der Waals surface area (Å²) in [5.41, 5.74) is 2.70. The van der Waals surface area contributed by atoms with Crippen LogP contribution in [-0.2, 0) is 11.3 Å². The van der Waals surface area contributed by atoms with Gasteiger partial charge in [-0.2, -0.15) is 0 Å². The fraction of sp³-hybridized carbons (Fsp3) is 0.185. The number of aromatic nitrogens is 3. The van der Waals surface area contributed by atoms with Gasteiger partial charge in [-0.15, -0.1) is 0 Å².